The summed E-state index contributed by atoms with van der Waals surface area (Å²) in [5.74, 6) is 0.806. The van der Waals surface area contributed by atoms with Crippen molar-refractivity contribution in [1.82, 2.24) is 20.3 Å². The zero-order valence-corrected chi connectivity index (χ0v) is 15.8. The fourth-order valence-corrected chi connectivity index (χ4v) is 3.81. The predicted octanol–water partition coefficient (Wildman–Crippen LogP) is 2.39. The van der Waals surface area contributed by atoms with Gasteiger partial charge < -0.3 is 20.0 Å². The summed E-state index contributed by atoms with van der Waals surface area (Å²) in [6.07, 6.45) is 4.77. The topological polar surface area (TPSA) is 99.9 Å². The van der Waals surface area contributed by atoms with E-state index in [1.165, 1.54) is 5.39 Å². The highest BCUT2D eigenvalue weighted by molar-refractivity contribution is 5.84. The molecular weight excluding hydrogens is 356 g/mol. The van der Waals surface area contributed by atoms with Gasteiger partial charge in [-0.1, -0.05) is 18.2 Å². The lowest BCUT2D eigenvalue weighted by Gasteiger charge is -2.35. The Morgan fingerprint density at radius 1 is 1.32 bits per heavy atom. The third-order valence-electron chi connectivity index (χ3n) is 5.31. The van der Waals surface area contributed by atoms with Gasteiger partial charge in [-0.3, -0.25) is 9.59 Å². The maximum atomic E-state index is 12.3. The molecule has 0 spiro atoms. The first-order valence-electron chi connectivity index (χ1n) is 9.56. The van der Waals surface area contributed by atoms with Gasteiger partial charge in [0, 0.05) is 48.7 Å². The molecule has 1 aromatic carbocycles. The van der Waals surface area contributed by atoms with Crippen LogP contribution in [0, 0.1) is 0 Å². The zero-order valence-electron chi connectivity index (χ0n) is 15.8. The van der Waals surface area contributed by atoms with Gasteiger partial charge in [0.1, 0.15) is 12.4 Å². The number of fused-ring (bicyclic) bond motifs is 1. The van der Waals surface area contributed by atoms with Crippen molar-refractivity contribution in [2.45, 2.75) is 44.2 Å². The van der Waals surface area contributed by atoms with Crippen molar-refractivity contribution in [2.75, 3.05) is 7.11 Å². The van der Waals surface area contributed by atoms with Gasteiger partial charge in [0.2, 0.25) is 5.91 Å². The number of H-pyrrole nitrogens is 2. The Hall–Kier alpha value is -2.93. The lowest BCUT2D eigenvalue weighted by Crippen LogP contribution is -2.43. The number of hydrogen-bond acceptors (Lipinski definition) is 4. The van der Waals surface area contributed by atoms with Crippen LogP contribution < -0.4 is 10.9 Å². The van der Waals surface area contributed by atoms with Crippen molar-refractivity contribution in [3.63, 3.8) is 0 Å². The van der Waals surface area contributed by atoms with E-state index >= 15 is 0 Å². The average molecular weight is 380 g/mol. The number of amides is 1. The summed E-state index contributed by atoms with van der Waals surface area (Å²) in [7, 11) is 1.57. The van der Waals surface area contributed by atoms with E-state index in [2.05, 4.69) is 26.3 Å². The average Bonchev–Trinajstić information content (AvgIpc) is 3.05. The number of rotatable bonds is 7. The Bertz CT molecular complexity index is 1030. The molecule has 0 atom stereocenters. The maximum Gasteiger partial charge on any atom is 0.251 e. The molecule has 1 aliphatic carbocycles. The lowest BCUT2D eigenvalue weighted by molar-refractivity contribution is -0.122. The van der Waals surface area contributed by atoms with E-state index in [4.69, 9.17) is 4.74 Å². The number of carbonyl (C=O) groups is 1. The van der Waals surface area contributed by atoms with E-state index in [-0.39, 0.29) is 30.0 Å². The molecule has 0 bridgehead atoms. The Kier molecular flexibility index (Phi) is 5.25. The van der Waals surface area contributed by atoms with Gasteiger partial charge in [-0.05, 0) is 30.9 Å². The Balaban J connectivity index is 1.28. The Labute approximate surface area is 162 Å². The highest BCUT2D eigenvalue weighted by Crippen LogP contribution is 2.35. The smallest absolute Gasteiger partial charge is 0.251 e. The largest absolute Gasteiger partial charge is 0.377 e. The van der Waals surface area contributed by atoms with Crippen LogP contribution in [0.2, 0.25) is 0 Å². The summed E-state index contributed by atoms with van der Waals surface area (Å²) in [6, 6.07) is 9.80. The van der Waals surface area contributed by atoms with Gasteiger partial charge in [-0.25, -0.2) is 4.98 Å². The normalized spacial score (nSPS) is 18.8. The van der Waals surface area contributed by atoms with Gasteiger partial charge in [-0.2, -0.15) is 0 Å². The van der Waals surface area contributed by atoms with Crippen LogP contribution in [-0.4, -0.2) is 34.0 Å². The van der Waals surface area contributed by atoms with Gasteiger partial charge in [0.25, 0.3) is 5.56 Å². The minimum Gasteiger partial charge on any atom is -0.377 e. The zero-order chi connectivity index (χ0) is 19.5. The minimum absolute atomic E-state index is 0.0627. The molecule has 4 rings (SSSR count). The van der Waals surface area contributed by atoms with Crippen LogP contribution in [0.1, 0.15) is 42.3 Å². The third kappa shape index (κ3) is 3.99. The highest BCUT2D eigenvalue weighted by atomic mass is 16.5. The molecule has 1 amide bonds. The standard InChI is InChI=1S/C21H24N4O3/c1-28-12-19-24-18(10-21(27)25-19)14-8-15(9-14)23-20(26)7-6-13-11-22-17-5-3-2-4-16(13)17/h2-5,10-11,14-15,22H,6-9,12H2,1H3,(H,23,26)(H,24,25,27). The van der Waals surface area contributed by atoms with Crippen molar-refractivity contribution in [2.24, 2.45) is 0 Å². The van der Waals surface area contributed by atoms with Crippen LogP contribution in [0.4, 0.5) is 0 Å². The van der Waals surface area contributed by atoms with Gasteiger partial charge >= 0.3 is 0 Å². The molecule has 1 fully saturated rings. The van der Waals surface area contributed by atoms with E-state index in [1.54, 1.807) is 13.2 Å². The number of aryl methyl sites for hydroxylation is 1. The molecule has 7 heteroatoms. The maximum absolute atomic E-state index is 12.3. The van der Waals surface area contributed by atoms with Gasteiger partial charge in [0.15, 0.2) is 0 Å². The molecule has 0 aliphatic heterocycles. The van der Waals surface area contributed by atoms with Crippen LogP contribution >= 0.6 is 0 Å². The van der Waals surface area contributed by atoms with Crippen LogP contribution in [0.3, 0.4) is 0 Å². The number of hydrogen-bond donors (Lipinski definition) is 3. The molecular formula is C21H24N4O3. The van der Waals surface area contributed by atoms with Gasteiger partial charge in [-0.15, -0.1) is 0 Å². The molecule has 2 aromatic heterocycles. The summed E-state index contributed by atoms with van der Waals surface area (Å²) < 4.78 is 5.04. The van der Waals surface area contributed by atoms with E-state index in [0.717, 1.165) is 29.6 Å². The Morgan fingerprint density at radius 2 is 2.14 bits per heavy atom. The van der Waals surface area contributed by atoms with Crippen molar-refractivity contribution in [3.05, 3.63) is 64.0 Å². The molecule has 3 aromatic rings. The first-order chi connectivity index (χ1) is 13.6. The summed E-state index contributed by atoms with van der Waals surface area (Å²) in [6.45, 7) is 0.282. The fourth-order valence-electron chi connectivity index (χ4n) is 3.81. The first kappa shape index (κ1) is 18.4. The molecule has 28 heavy (non-hydrogen) atoms. The highest BCUT2D eigenvalue weighted by Gasteiger charge is 2.32. The predicted molar refractivity (Wildman–Crippen MR) is 106 cm³/mol. The van der Waals surface area contributed by atoms with E-state index < -0.39 is 0 Å². The number of nitrogens with one attached hydrogen (secondary N) is 3. The van der Waals surface area contributed by atoms with Crippen LogP contribution in [0.5, 0.6) is 0 Å². The second-order valence-corrected chi connectivity index (χ2v) is 7.34. The van der Waals surface area contributed by atoms with Crippen molar-refractivity contribution >= 4 is 16.8 Å². The number of para-hydroxylation sites is 1. The second kappa shape index (κ2) is 7.98. The SMILES string of the molecule is COCc1nc(C2CC(NC(=O)CCc3c[nH]c4ccccc34)C2)cc(=O)[nH]1. The molecule has 0 unspecified atom stereocenters. The number of benzene rings is 1. The minimum atomic E-state index is -0.164. The van der Waals surface area contributed by atoms with Gasteiger partial charge in [0.05, 0.1) is 5.69 Å². The van der Waals surface area contributed by atoms with E-state index in [1.807, 2.05) is 24.4 Å². The van der Waals surface area contributed by atoms with Crippen molar-refractivity contribution in [1.29, 1.82) is 0 Å². The summed E-state index contributed by atoms with van der Waals surface area (Å²) in [5.41, 5.74) is 2.87. The molecule has 2 heterocycles. The summed E-state index contributed by atoms with van der Waals surface area (Å²) in [4.78, 5) is 34.4. The fraction of sp³-hybridized carbons (Fsp3) is 0.381. The van der Waals surface area contributed by atoms with E-state index in [9.17, 15) is 9.59 Å². The van der Waals surface area contributed by atoms with Crippen LogP contribution in [-0.2, 0) is 22.6 Å². The quantitative estimate of drug-likeness (QED) is 0.586. The van der Waals surface area contributed by atoms with Crippen molar-refractivity contribution in [3.8, 4) is 0 Å². The molecule has 7 nitrogen and oxygen atoms in total. The third-order valence-corrected chi connectivity index (χ3v) is 5.31. The molecule has 3 N–H and O–H groups in total. The molecule has 1 saturated carbocycles. The number of methoxy groups -OCH3 is 1. The Morgan fingerprint density at radius 3 is 2.96 bits per heavy atom. The number of carbonyl (C=O) groups excluding carboxylic acids is 1. The first-order valence-corrected chi connectivity index (χ1v) is 9.56. The number of ether oxygens (including phenoxy) is 1. The lowest BCUT2D eigenvalue weighted by atomic mass is 9.78. The summed E-state index contributed by atoms with van der Waals surface area (Å²) in [5, 5.41) is 4.27. The van der Waals surface area contributed by atoms with Crippen LogP contribution in [0.15, 0.2) is 41.3 Å². The number of aromatic nitrogens is 3. The molecule has 0 radical (unpaired) electrons. The molecule has 146 valence electrons. The monoisotopic (exact) mass is 380 g/mol. The number of aromatic amines is 2. The molecule has 1 aliphatic rings. The molecule has 0 saturated heterocycles. The van der Waals surface area contributed by atoms with Crippen molar-refractivity contribution < 1.29 is 9.53 Å². The number of nitrogens with zero attached hydrogens (tertiary/aromatic N) is 1. The van der Waals surface area contributed by atoms with E-state index in [0.29, 0.717) is 18.7 Å². The second-order valence-electron chi connectivity index (χ2n) is 7.34. The summed E-state index contributed by atoms with van der Waals surface area (Å²) >= 11 is 0. The van der Waals surface area contributed by atoms with Crippen LogP contribution in [0.25, 0.3) is 10.9 Å².